The molecule has 6 heteroatoms. The van der Waals surface area contributed by atoms with E-state index >= 15 is 0 Å². The van der Waals surface area contributed by atoms with Crippen molar-refractivity contribution in [3.05, 3.63) is 12.1 Å². The van der Waals surface area contributed by atoms with E-state index in [1.54, 1.807) is 5.79 Å². The van der Waals surface area contributed by atoms with Gasteiger partial charge in [0, 0.05) is 0 Å². The third-order valence-corrected chi connectivity index (χ3v) is 28.3. The molecule has 3 rings (SSSR count). The first kappa shape index (κ1) is 32.8. The number of hydrogen-bond acceptors (Lipinski definition) is 4. The van der Waals surface area contributed by atoms with Crippen molar-refractivity contribution in [3.63, 3.8) is 0 Å². The number of benzene rings is 1. The summed E-state index contributed by atoms with van der Waals surface area (Å²) in [7, 11) is 0. The average Bonchev–Trinajstić information content (AvgIpc) is 3.44. The van der Waals surface area contributed by atoms with Crippen LogP contribution in [0.1, 0.15) is 79.1 Å². The minimum absolute atomic E-state index is 0.791. The number of rotatable bonds is 16. The maximum absolute atomic E-state index is 6.73. The van der Waals surface area contributed by atoms with Gasteiger partial charge in [-0.25, -0.2) is 0 Å². The molecule has 0 unspecified atom stereocenters. The van der Waals surface area contributed by atoms with Gasteiger partial charge >= 0.3 is 252 Å². The van der Waals surface area contributed by atoms with Crippen molar-refractivity contribution in [3.8, 4) is 11.5 Å². The van der Waals surface area contributed by atoms with E-state index in [4.69, 9.17) is 9.47 Å². The number of unbranched alkanes of at least 4 members (excludes halogenated alkanes) is 4. The van der Waals surface area contributed by atoms with Crippen molar-refractivity contribution in [2.24, 2.45) is 11.8 Å². The Labute approximate surface area is 250 Å². The Morgan fingerprint density at radius 2 is 0.947 bits per heavy atom. The van der Waals surface area contributed by atoms with Crippen molar-refractivity contribution >= 4 is 85.4 Å². The zero-order valence-electron chi connectivity index (χ0n) is 26.0. The van der Waals surface area contributed by atoms with E-state index in [-0.39, 0.29) is 0 Å². The molecule has 2 nitrogen and oxygen atoms in total. The minimum atomic E-state index is -2.26. The standard InChI is InChI=1S/C26H36O2S2.6CH3.2Sn/c1-19(2)11-7-5-9-15-27-23-21-13-17-30-26(21)24(22-14-18-29-25(22)23)28-16-10-6-8-12-20(3)4;;;;;;;;/h13-14,19-20H,5-12,15-16H2,1-4H3;6*1H3;;. The van der Waals surface area contributed by atoms with Crippen molar-refractivity contribution in [1.82, 2.24) is 0 Å². The Balaban J connectivity index is 1.98. The second-order valence-corrected chi connectivity index (χ2v) is 47.0. The van der Waals surface area contributed by atoms with Gasteiger partial charge in [0.1, 0.15) is 0 Å². The van der Waals surface area contributed by atoms with Crippen LogP contribution in [0.4, 0.5) is 0 Å². The first-order chi connectivity index (χ1) is 17.8. The molecule has 38 heavy (non-hydrogen) atoms. The quantitative estimate of drug-likeness (QED) is 0.107. The van der Waals surface area contributed by atoms with E-state index < -0.39 is 36.8 Å². The van der Waals surface area contributed by atoms with Crippen LogP contribution < -0.4 is 15.3 Å². The zero-order valence-corrected chi connectivity index (χ0v) is 33.4. The normalized spacial score (nSPS) is 12.9. The predicted molar refractivity (Wildman–Crippen MR) is 181 cm³/mol. The van der Waals surface area contributed by atoms with Crippen LogP contribution in [-0.2, 0) is 0 Å². The van der Waals surface area contributed by atoms with Crippen LogP contribution in [-0.4, -0.2) is 50.0 Å². The molecule has 0 radical (unpaired) electrons. The Morgan fingerprint density at radius 1 is 0.579 bits per heavy atom. The predicted octanol–water partition coefficient (Wildman–Crippen LogP) is 10.4. The maximum atomic E-state index is 6.73. The molecular weight excluding hydrogens is 718 g/mol. The number of fused-ring (bicyclic) bond motifs is 2. The molecule has 2 aromatic heterocycles. The molecule has 0 saturated carbocycles. The van der Waals surface area contributed by atoms with Crippen LogP contribution in [0.15, 0.2) is 12.1 Å². The number of thiophene rings is 2. The van der Waals surface area contributed by atoms with Gasteiger partial charge in [0.2, 0.25) is 0 Å². The van der Waals surface area contributed by atoms with E-state index in [2.05, 4.69) is 69.5 Å². The van der Waals surface area contributed by atoms with Crippen LogP contribution in [0.3, 0.4) is 0 Å². The molecule has 0 aliphatic rings. The van der Waals surface area contributed by atoms with Crippen LogP contribution in [0.5, 0.6) is 11.5 Å². The summed E-state index contributed by atoms with van der Waals surface area (Å²) >= 11 is -0.491. The molecule has 0 fully saturated rings. The Hall–Kier alpha value is 0.337. The van der Waals surface area contributed by atoms with E-state index in [9.17, 15) is 0 Å². The van der Waals surface area contributed by atoms with Crippen molar-refractivity contribution in [2.75, 3.05) is 13.2 Å². The van der Waals surface area contributed by atoms with Gasteiger partial charge in [0.25, 0.3) is 0 Å². The SMILES string of the molecule is CC(C)CCCCCOc1c2c[c]([Sn]([CH3])([CH3])[CH3])sc2c(OCCCCCC(C)C)c2c[c]([Sn]([CH3])([CH3])[CH3])sc12. The summed E-state index contributed by atoms with van der Waals surface area (Å²) in [5.74, 6) is 3.87. The second kappa shape index (κ2) is 14.5. The van der Waals surface area contributed by atoms with Crippen LogP contribution in [0, 0.1) is 11.8 Å². The number of hydrogen-bond donors (Lipinski definition) is 0. The molecule has 0 N–H and O–H groups in total. The fourth-order valence-corrected chi connectivity index (χ4v) is 17.5. The Kier molecular flexibility index (Phi) is 12.5. The molecule has 0 spiro atoms. The third kappa shape index (κ3) is 9.17. The Bertz CT molecular complexity index is 1020. The van der Waals surface area contributed by atoms with Crippen LogP contribution in [0.2, 0.25) is 29.6 Å². The van der Waals surface area contributed by atoms with Gasteiger partial charge in [-0.3, -0.25) is 0 Å². The monoisotopic (exact) mass is 774 g/mol. The summed E-state index contributed by atoms with van der Waals surface area (Å²) < 4.78 is 19.4. The summed E-state index contributed by atoms with van der Waals surface area (Å²) in [6, 6.07) is 5.00. The first-order valence-corrected chi connectivity index (χ1v) is 36.7. The van der Waals surface area contributed by atoms with Gasteiger partial charge in [-0.2, -0.15) is 0 Å². The van der Waals surface area contributed by atoms with E-state index in [0.29, 0.717) is 0 Å². The van der Waals surface area contributed by atoms with Gasteiger partial charge in [-0.1, -0.05) is 0 Å². The molecular formula is C32H54O2S2Sn2. The fourth-order valence-electron chi connectivity index (χ4n) is 4.74. The molecule has 3 aromatic rings. The van der Waals surface area contributed by atoms with Gasteiger partial charge in [0.15, 0.2) is 0 Å². The number of ether oxygens (including phenoxy) is 2. The van der Waals surface area contributed by atoms with Gasteiger partial charge < -0.3 is 0 Å². The van der Waals surface area contributed by atoms with Crippen molar-refractivity contribution in [1.29, 1.82) is 0 Å². The van der Waals surface area contributed by atoms with Gasteiger partial charge in [0.05, 0.1) is 0 Å². The average molecular weight is 772 g/mol. The summed E-state index contributed by atoms with van der Waals surface area (Å²) in [5.41, 5.74) is 0. The van der Waals surface area contributed by atoms with Crippen LogP contribution >= 0.6 is 22.7 Å². The summed E-state index contributed by atoms with van der Waals surface area (Å²) in [6.45, 7) is 10.9. The van der Waals surface area contributed by atoms with E-state index in [1.807, 2.05) is 22.7 Å². The summed E-state index contributed by atoms with van der Waals surface area (Å²) in [6.07, 6.45) is 10.0. The Morgan fingerprint density at radius 3 is 1.26 bits per heavy atom. The van der Waals surface area contributed by atoms with E-state index in [1.165, 1.54) is 58.7 Å². The molecule has 214 valence electrons. The molecule has 0 atom stereocenters. The van der Waals surface area contributed by atoms with Crippen molar-refractivity contribution in [2.45, 2.75) is 109 Å². The molecule has 0 saturated heterocycles. The topological polar surface area (TPSA) is 18.5 Å². The summed E-state index contributed by atoms with van der Waals surface area (Å²) in [4.78, 5) is 15.2. The second-order valence-electron chi connectivity index (χ2n) is 14.0. The van der Waals surface area contributed by atoms with Gasteiger partial charge in [-0.15, -0.1) is 0 Å². The molecule has 0 aliphatic heterocycles. The first-order valence-electron chi connectivity index (χ1n) is 15.1. The third-order valence-electron chi connectivity index (χ3n) is 7.19. The van der Waals surface area contributed by atoms with Crippen molar-refractivity contribution < 1.29 is 9.47 Å². The van der Waals surface area contributed by atoms with E-state index in [0.717, 1.165) is 49.4 Å². The molecule has 0 bridgehead atoms. The zero-order chi connectivity index (χ0) is 28.1. The molecule has 1 aromatic carbocycles. The van der Waals surface area contributed by atoms with Crippen LogP contribution in [0.25, 0.3) is 20.2 Å². The molecule has 0 aliphatic carbocycles. The molecule has 0 amide bonds. The summed E-state index contributed by atoms with van der Waals surface area (Å²) in [5, 5.41) is 2.64. The van der Waals surface area contributed by atoms with Gasteiger partial charge in [-0.05, 0) is 0 Å². The fraction of sp³-hybridized carbons (Fsp3) is 0.688. The molecule has 2 heterocycles.